The van der Waals surface area contributed by atoms with Gasteiger partial charge in [-0.25, -0.2) is 0 Å². The highest BCUT2D eigenvalue weighted by atomic mass is 127. The summed E-state index contributed by atoms with van der Waals surface area (Å²) in [6.07, 6.45) is 0. The standard InChI is InChI=1S/C12H12N4O3S.C8H6.HI/c13-16-15-8-7-14-11-5-1-4-10-9(11)3-2-6-12(10)20(17,18)19;1-3-5-7-8-6-4-2;/h1-6,14H,7-8H2,(H,17,18,19);1-2H3;1H. The second-order valence-electron chi connectivity index (χ2n) is 5.01. The summed E-state index contributed by atoms with van der Waals surface area (Å²) in [5.74, 6) is 15.5. The molecule has 0 atom stereocenters. The van der Waals surface area contributed by atoms with Gasteiger partial charge in [-0.3, -0.25) is 4.55 Å². The molecule has 0 radical (unpaired) electrons. The third-order valence-electron chi connectivity index (χ3n) is 3.19. The smallest absolute Gasteiger partial charge is 0.295 e. The van der Waals surface area contributed by atoms with Crippen LogP contribution in [-0.2, 0) is 10.1 Å². The average molecular weight is 522 g/mol. The molecule has 2 N–H and O–H groups in total. The van der Waals surface area contributed by atoms with Crippen molar-refractivity contribution >= 4 is 50.6 Å². The van der Waals surface area contributed by atoms with E-state index in [2.05, 4.69) is 50.9 Å². The Balaban J connectivity index is 0.000000747. The Morgan fingerprint density at radius 2 is 1.62 bits per heavy atom. The summed E-state index contributed by atoms with van der Waals surface area (Å²) < 4.78 is 31.9. The number of rotatable bonds is 5. The molecule has 0 saturated carbocycles. The molecule has 0 saturated heterocycles. The highest BCUT2D eigenvalue weighted by Crippen LogP contribution is 2.28. The highest BCUT2D eigenvalue weighted by Gasteiger charge is 2.14. The molecule has 0 spiro atoms. The predicted molar refractivity (Wildman–Crippen MR) is 126 cm³/mol. The number of anilines is 1. The first-order chi connectivity index (χ1) is 13.5. The number of nitrogens with one attached hydrogen (secondary N) is 1. The summed E-state index contributed by atoms with van der Waals surface area (Å²) in [5.41, 5.74) is 8.91. The van der Waals surface area contributed by atoms with Gasteiger partial charge in [0.2, 0.25) is 0 Å². The summed E-state index contributed by atoms with van der Waals surface area (Å²) in [7, 11) is -4.27. The zero-order chi connectivity index (χ0) is 20.8. The van der Waals surface area contributed by atoms with Crippen LogP contribution in [0.25, 0.3) is 21.2 Å². The summed E-state index contributed by atoms with van der Waals surface area (Å²) in [4.78, 5) is 2.52. The van der Waals surface area contributed by atoms with E-state index >= 15 is 0 Å². The first-order valence-electron chi connectivity index (χ1n) is 8.03. The summed E-state index contributed by atoms with van der Waals surface area (Å²) >= 11 is 0. The lowest BCUT2D eigenvalue weighted by molar-refractivity contribution is 0.484. The minimum Gasteiger partial charge on any atom is -0.384 e. The van der Waals surface area contributed by atoms with E-state index < -0.39 is 10.1 Å². The van der Waals surface area contributed by atoms with Crippen LogP contribution in [0.2, 0.25) is 0 Å². The second kappa shape index (κ2) is 14.2. The maximum absolute atomic E-state index is 11.3. The third-order valence-corrected chi connectivity index (χ3v) is 4.10. The van der Waals surface area contributed by atoms with Crippen LogP contribution >= 0.6 is 24.0 Å². The fourth-order valence-electron chi connectivity index (χ4n) is 2.13. The van der Waals surface area contributed by atoms with Gasteiger partial charge in [-0.05, 0) is 55.2 Å². The lowest BCUT2D eigenvalue weighted by Gasteiger charge is -2.10. The lowest BCUT2D eigenvalue weighted by Crippen LogP contribution is -2.05. The van der Waals surface area contributed by atoms with Gasteiger partial charge in [0.25, 0.3) is 10.1 Å². The third kappa shape index (κ3) is 9.25. The zero-order valence-corrected chi connectivity index (χ0v) is 18.9. The zero-order valence-electron chi connectivity index (χ0n) is 15.8. The molecule has 29 heavy (non-hydrogen) atoms. The van der Waals surface area contributed by atoms with Crippen LogP contribution in [0, 0.1) is 35.5 Å². The number of halogens is 1. The second-order valence-corrected chi connectivity index (χ2v) is 6.40. The van der Waals surface area contributed by atoms with Gasteiger partial charge in [0.1, 0.15) is 4.90 Å². The molecule has 0 fully saturated rings. The summed E-state index contributed by atoms with van der Waals surface area (Å²) in [6.45, 7) is 4.20. The van der Waals surface area contributed by atoms with Gasteiger partial charge in [-0.2, -0.15) is 8.42 Å². The Bertz CT molecular complexity index is 1150. The molecule has 150 valence electrons. The van der Waals surface area contributed by atoms with Crippen LogP contribution in [0.15, 0.2) is 46.4 Å². The topological polar surface area (TPSA) is 115 Å². The summed E-state index contributed by atoms with van der Waals surface area (Å²) in [6, 6.07) is 9.75. The van der Waals surface area contributed by atoms with Crippen molar-refractivity contribution in [3.63, 3.8) is 0 Å². The van der Waals surface area contributed by atoms with Crippen molar-refractivity contribution in [2.24, 2.45) is 5.11 Å². The van der Waals surface area contributed by atoms with Crippen molar-refractivity contribution in [1.82, 2.24) is 0 Å². The highest BCUT2D eigenvalue weighted by molar-refractivity contribution is 14.0. The van der Waals surface area contributed by atoms with Crippen molar-refractivity contribution in [3.8, 4) is 35.5 Å². The van der Waals surface area contributed by atoms with Crippen molar-refractivity contribution in [2.45, 2.75) is 18.7 Å². The molecule has 0 amide bonds. The largest absolute Gasteiger partial charge is 0.384 e. The van der Waals surface area contributed by atoms with E-state index in [-0.39, 0.29) is 35.4 Å². The number of fused-ring (bicyclic) bond motifs is 1. The van der Waals surface area contributed by atoms with E-state index in [1.165, 1.54) is 6.07 Å². The molecule has 0 aliphatic carbocycles. The molecule has 0 unspecified atom stereocenters. The average Bonchev–Trinajstić information content (AvgIpc) is 2.68. The molecule has 2 rings (SSSR count). The van der Waals surface area contributed by atoms with Gasteiger partial charge >= 0.3 is 0 Å². The molecule has 9 heteroatoms. The minimum absolute atomic E-state index is 0. The molecule has 2 aromatic rings. The predicted octanol–water partition coefficient (Wildman–Crippen LogP) is 4.46. The molecular formula is C20H19IN4O3S. The number of azide groups is 1. The van der Waals surface area contributed by atoms with E-state index in [4.69, 9.17) is 5.53 Å². The van der Waals surface area contributed by atoms with E-state index in [1.807, 2.05) is 0 Å². The van der Waals surface area contributed by atoms with Crippen LogP contribution < -0.4 is 5.32 Å². The maximum Gasteiger partial charge on any atom is 0.295 e. The van der Waals surface area contributed by atoms with Gasteiger partial charge in [-0.15, -0.1) is 24.0 Å². The maximum atomic E-state index is 11.3. The van der Waals surface area contributed by atoms with E-state index in [1.54, 1.807) is 44.2 Å². The van der Waals surface area contributed by atoms with Gasteiger partial charge in [0.15, 0.2) is 0 Å². The lowest BCUT2D eigenvalue weighted by atomic mass is 10.1. The van der Waals surface area contributed by atoms with Crippen molar-refractivity contribution < 1.29 is 13.0 Å². The molecule has 0 aliphatic rings. The number of hydrogen-bond acceptors (Lipinski definition) is 4. The number of hydrogen-bond donors (Lipinski definition) is 2. The first-order valence-corrected chi connectivity index (χ1v) is 9.47. The van der Waals surface area contributed by atoms with Crippen LogP contribution in [0.5, 0.6) is 0 Å². The molecule has 2 aromatic carbocycles. The number of nitrogens with zero attached hydrogens (tertiary/aromatic N) is 3. The van der Waals surface area contributed by atoms with Crippen molar-refractivity contribution in [2.75, 3.05) is 18.4 Å². The molecule has 7 nitrogen and oxygen atoms in total. The Morgan fingerprint density at radius 1 is 1.03 bits per heavy atom. The quantitative estimate of drug-likeness (QED) is 0.115. The van der Waals surface area contributed by atoms with Crippen molar-refractivity contribution in [1.29, 1.82) is 0 Å². The first kappa shape index (κ1) is 26.1. The van der Waals surface area contributed by atoms with Crippen LogP contribution in [-0.4, -0.2) is 26.1 Å². The fraction of sp³-hybridized carbons (Fsp3) is 0.200. The van der Waals surface area contributed by atoms with Gasteiger partial charge < -0.3 is 5.32 Å². The molecule has 0 heterocycles. The molecular weight excluding hydrogens is 503 g/mol. The van der Waals surface area contributed by atoms with Gasteiger partial charge in [0, 0.05) is 34.5 Å². The minimum atomic E-state index is -4.27. The Morgan fingerprint density at radius 3 is 2.17 bits per heavy atom. The number of benzene rings is 2. The van der Waals surface area contributed by atoms with Gasteiger partial charge in [-0.1, -0.05) is 41.2 Å². The van der Waals surface area contributed by atoms with Crippen molar-refractivity contribution in [3.05, 3.63) is 46.8 Å². The van der Waals surface area contributed by atoms with E-state index in [0.717, 1.165) is 0 Å². The SMILES string of the molecule is CC#CC#CC#CC.I.[N-]=[N+]=NCCNc1cccc2c(S(=O)(=O)O)cccc12. The Kier molecular flexibility index (Phi) is 12.8. The van der Waals surface area contributed by atoms with E-state index in [9.17, 15) is 13.0 Å². The molecule has 0 aromatic heterocycles. The van der Waals surface area contributed by atoms with Gasteiger partial charge in [0.05, 0.1) is 0 Å². The normalized spacial score (nSPS) is 8.66. The molecule has 0 aliphatic heterocycles. The fourth-order valence-corrected chi connectivity index (χ4v) is 2.84. The van der Waals surface area contributed by atoms with Crippen LogP contribution in [0.4, 0.5) is 5.69 Å². The summed E-state index contributed by atoms with van der Waals surface area (Å²) in [5, 5.41) is 7.57. The monoisotopic (exact) mass is 522 g/mol. The van der Waals surface area contributed by atoms with E-state index in [0.29, 0.717) is 23.0 Å². The molecule has 0 bridgehead atoms. The Hall–Kier alpha value is -2.87. The van der Waals surface area contributed by atoms with Crippen LogP contribution in [0.3, 0.4) is 0 Å². The Labute approximate surface area is 187 Å². The van der Waals surface area contributed by atoms with Crippen LogP contribution in [0.1, 0.15) is 13.8 Å².